The first-order chi connectivity index (χ1) is 7.66. The molecule has 1 fully saturated rings. The lowest BCUT2D eigenvalue weighted by Gasteiger charge is -2.33. The zero-order valence-corrected chi connectivity index (χ0v) is 9.69. The molecule has 2 rings (SSSR count). The Morgan fingerprint density at radius 2 is 2.38 bits per heavy atom. The fourth-order valence-corrected chi connectivity index (χ4v) is 3.55. The first-order valence-electron chi connectivity index (χ1n) is 5.27. The largest absolute Gasteiger partial charge is 0.363 e. The smallest absolute Gasteiger partial charge is 0.248 e. The zero-order valence-electron chi connectivity index (χ0n) is 8.87. The molecule has 0 amide bonds. The molecule has 6 nitrogen and oxygen atoms in total. The molecule has 1 saturated heterocycles. The van der Waals surface area contributed by atoms with Gasteiger partial charge in [-0.15, -0.1) is 0 Å². The number of sulfonamides is 1. The Hall–Kier alpha value is -0.920. The maximum atomic E-state index is 12.2. The molecular formula is C9H15N3O3S. The lowest BCUT2D eigenvalue weighted by molar-refractivity contribution is 0.257. The molecule has 2 N–H and O–H groups in total. The topological polar surface area (TPSA) is 89.4 Å². The predicted octanol–water partition coefficient (Wildman–Crippen LogP) is 0.176. The normalized spacial score (nSPS) is 23.4. The van der Waals surface area contributed by atoms with Gasteiger partial charge in [0.05, 0.1) is 6.20 Å². The van der Waals surface area contributed by atoms with Gasteiger partial charge in [0.1, 0.15) is 11.2 Å². The highest BCUT2D eigenvalue weighted by Crippen LogP contribution is 2.24. The first-order valence-corrected chi connectivity index (χ1v) is 6.71. The third-order valence-electron chi connectivity index (χ3n) is 2.86. The van der Waals surface area contributed by atoms with Crippen molar-refractivity contribution in [2.45, 2.75) is 30.2 Å². The lowest BCUT2D eigenvalue weighted by atomic mass is 10.1. The number of hydrogen-bond acceptors (Lipinski definition) is 5. The number of nitrogens with zero attached hydrogens (tertiary/aromatic N) is 2. The van der Waals surface area contributed by atoms with Crippen LogP contribution in [0.1, 0.15) is 19.3 Å². The molecule has 16 heavy (non-hydrogen) atoms. The van der Waals surface area contributed by atoms with Gasteiger partial charge in [-0.3, -0.25) is 0 Å². The van der Waals surface area contributed by atoms with E-state index in [1.54, 1.807) is 0 Å². The van der Waals surface area contributed by atoms with Gasteiger partial charge in [-0.25, -0.2) is 8.42 Å². The van der Waals surface area contributed by atoms with Crippen LogP contribution in [-0.4, -0.2) is 37.0 Å². The van der Waals surface area contributed by atoms with Crippen LogP contribution in [0, 0.1) is 0 Å². The van der Waals surface area contributed by atoms with Crippen LogP contribution in [0.25, 0.3) is 0 Å². The Labute approximate surface area is 94.4 Å². The van der Waals surface area contributed by atoms with E-state index in [1.807, 2.05) is 0 Å². The molecule has 7 heteroatoms. The summed E-state index contributed by atoms with van der Waals surface area (Å²) < 4.78 is 30.4. The lowest BCUT2D eigenvalue weighted by Crippen LogP contribution is -2.47. The van der Waals surface area contributed by atoms with Crippen molar-refractivity contribution in [3.63, 3.8) is 0 Å². The van der Waals surface area contributed by atoms with Crippen molar-refractivity contribution >= 4 is 10.0 Å². The Bertz CT molecular complexity index is 429. The maximum Gasteiger partial charge on any atom is 0.248 e. The molecule has 0 spiro atoms. The van der Waals surface area contributed by atoms with Crippen LogP contribution >= 0.6 is 0 Å². The van der Waals surface area contributed by atoms with E-state index in [1.165, 1.54) is 10.5 Å². The standard InChI is InChI=1S/C9H15N3O3S/c10-5-8-3-1-2-4-12(8)16(13,14)9-6-11-15-7-9/h6-8H,1-5,10H2. The maximum absolute atomic E-state index is 12.2. The van der Waals surface area contributed by atoms with Gasteiger partial charge in [-0.1, -0.05) is 11.6 Å². The average Bonchev–Trinajstić information content (AvgIpc) is 2.83. The molecule has 0 radical (unpaired) electrons. The third-order valence-corrected chi connectivity index (χ3v) is 4.76. The number of nitrogens with two attached hydrogens (primary N) is 1. The molecule has 1 aromatic heterocycles. The van der Waals surface area contributed by atoms with Crippen molar-refractivity contribution in [3.8, 4) is 0 Å². The summed E-state index contributed by atoms with van der Waals surface area (Å²) in [6.07, 6.45) is 5.09. The van der Waals surface area contributed by atoms with Crippen LogP contribution in [0.2, 0.25) is 0 Å². The van der Waals surface area contributed by atoms with Gasteiger partial charge in [0.2, 0.25) is 10.0 Å². The molecule has 1 aliphatic heterocycles. The number of rotatable bonds is 3. The number of hydrogen-bond donors (Lipinski definition) is 1. The van der Waals surface area contributed by atoms with E-state index in [9.17, 15) is 8.42 Å². The summed E-state index contributed by atoms with van der Waals surface area (Å²) in [5.41, 5.74) is 5.60. The number of aromatic nitrogens is 1. The van der Waals surface area contributed by atoms with Crippen LogP contribution in [-0.2, 0) is 10.0 Å². The minimum atomic E-state index is -3.48. The third kappa shape index (κ3) is 1.98. The van der Waals surface area contributed by atoms with E-state index in [2.05, 4.69) is 9.68 Å². The Morgan fingerprint density at radius 3 is 3.00 bits per heavy atom. The van der Waals surface area contributed by atoms with Gasteiger partial charge in [0, 0.05) is 19.1 Å². The Kier molecular flexibility index (Phi) is 3.27. The van der Waals surface area contributed by atoms with E-state index in [0.29, 0.717) is 13.1 Å². The van der Waals surface area contributed by atoms with Crippen LogP contribution in [0.5, 0.6) is 0 Å². The van der Waals surface area contributed by atoms with Gasteiger partial charge in [0.25, 0.3) is 0 Å². The highest BCUT2D eigenvalue weighted by Gasteiger charge is 2.33. The molecule has 2 heterocycles. The molecule has 0 saturated carbocycles. The van der Waals surface area contributed by atoms with Crippen molar-refractivity contribution in [2.24, 2.45) is 5.73 Å². The first kappa shape index (κ1) is 11.6. The summed E-state index contributed by atoms with van der Waals surface area (Å²) in [4.78, 5) is 0.104. The highest BCUT2D eigenvalue weighted by atomic mass is 32.2. The quantitative estimate of drug-likeness (QED) is 0.820. The fourth-order valence-electron chi connectivity index (χ4n) is 1.98. The van der Waals surface area contributed by atoms with Crippen molar-refractivity contribution < 1.29 is 12.9 Å². The van der Waals surface area contributed by atoms with Crippen molar-refractivity contribution in [2.75, 3.05) is 13.1 Å². The Balaban J connectivity index is 2.28. The molecule has 0 aromatic carbocycles. The van der Waals surface area contributed by atoms with E-state index < -0.39 is 10.0 Å². The van der Waals surface area contributed by atoms with E-state index in [-0.39, 0.29) is 10.9 Å². The number of piperidine rings is 1. The van der Waals surface area contributed by atoms with Gasteiger partial charge in [0.15, 0.2) is 0 Å². The second kappa shape index (κ2) is 4.52. The molecular weight excluding hydrogens is 230 g/mol. The van der Waals surface area contributed by atoms with E-state index in [4.69, 9.17) is 5.73 Å². The second-order valence-electron chi connectivity index (χ2n) is 3.86. The van der Waals surface area contributed by atoms with E-state index in [0.717, 1.165) is 25.5 Å². The second-order valence-corrected chi connectivity index (χ2v) is 5.75. The zero-order chi connectivity index (χ0) is 11.6. The van der Waals surface area contributed by atoms with Crippen molar-refractivity contribution in [3.05, 3.63) is 12.5 Å². The predicted molar refractivity (Wildman–Crippen MR) is 57.1 cm³/mol. The molecule has 90 valence electrons. The van der Waals surface area contributed by atoms with Gasteiger partial charge >= 0.3 is 0 Å². The molecule has 0 bridgehead atoms. The highest BCUT2D eigenvalue weighted by molar-refractivity contribution is 7.89. The summed E-state index contributed by atoms with van der Waals surface area (Å²) in [6, 6.07) is -0.103. The van der Waals surface area contributed by atoms with Crippen LogP contribution in [0.15, 0.2) is 21.9 Å². The fraction of sp³-hybridized carbons (Fsp3) is 0.667. The summed E-state index contributed by atoms with van der Waals surface area (Å²) in [6.45, 7) is 0.875. The minimum Gasteiger partial charge on any atom is -0.363 e. The average molecular weight is 245 g/mol. The van der Waals surface area contributed by atoms with Gasteiger partial charge in [-0.05, 0) is 12.8 Å². The van der Waals surface area contributed by atoms with Crippen molar-refractivity contribution in [1.29, 1.82) is 0 Å². The van der Waals surface area contributed by atoms with Gasteiger partial charge < -0.3 is 10.3 Å². The molecule has 0 aliphatic carbocycles. The van der Waals surface area contributed by atoms with Crippen LogP contribution in [0.4, 0.5) is 0 Å². The van der Waals surface area contributed by atoms with Crippen LogP contribution in [0.3, 0.4) is 0 Å². The van der Waals surface area contributed by atoms with E-state index >= 15 is 0 Å². The van der Waals surface area contributed by atoms with Gasteiger partial charge in [-0.2, -0.15) is 4.31 Å². The molecule has 1 unspecified atom stereocenters. The Morgan fingerprint density at radius 1 is 1.56 bits per heavy atom. The molecule has 1 aromatic rings. The SMILES string of the molecule is NCC1CCCCN1S(=O)(=O)c1cnoc1. The minimum absolute atomic E-state index is 0.103. The summed E-state index contributed by atoms with van der Waals surface area (Å²) in [5, 5.41) is 3.42. The molecule has 1 aliphatic rings. The summed E-state index contributed by atoms with van der Waals surface area (Å²) in [7, 11) is -3.48. The monoisotopic (exact) mass is 245 g/mol. The summed E-state index contributed by atoms with van der Waals surface area (Å²) >= 11 is 0. The summed E-state index contributed by atoms with van der Waals surface area (Å²) in [5.74, 6) is 0. The van der Waals surface area contributed by atoms with Crippen LogP contribution < -0.4 is 5.73 Å². The molecule has 1 atom stereocenters. The van der Waals surface area contributed by atoms with Crippen molar-refractivity contribution in [1.82, 2.24) is 9.46 Å².